The van der Waals surface area contributed by atoms with Crippen molar-refractivity contribution in [2.75, 3.05) is 59.5 Å². The van der Waals surface area contributed by atoms with Crippen LogP contribution in [-0.2, 0) is 16.1 Å². The predicted molar refractivity (Wildman–Crippen MR) is 108 cm³/mol. The summed E-state index contributed by atoms with van der Waals surface area (Å²) in [7, 11) is 1.64. The van der Waals surface area contributed by atoms with E-state index in [0.717, 1.165) is 63.4 Å². The van der Waals surface area contributed by atoms with Crippen LogP contribution in [0.15, 0.2) is 24.3 Å². The van der Waals surface area contributed by atoms with Gasteiger partial charge < -0.3 is 15.0 Å². The van der Waals surface area contributed by atoms with Gasteiger partial charge in [-0.3, -0.25) is 19.4 Å². The molecular weight excluding hydrogens is 356 g/mol. The smallest absolute Gasteiger partial charge is 0.236 e. The highest BCUT2D eigenvalue weighted by Crippen LogP contribution is 2.11. The molecule has 1 N–H and O–H groups in total. The molecule has 7 nitrogen and oxygen atoms in total. The van der Waals surface area contributed by atoms with E-state index in [0.29, 0.717) is 19.6 Å². The van der Waals surface area contributed by atoms with Crippen molar-refractivity contribution in [3.8, 4) is 5.75 Å². The van der Waals surface area contributed by atoms with Crippen molar-refractivity contribution < 1.29 is 14.3 Å². The summed E-state index contributed by atoms with van der Waals surface area (Å²) in [5, 5.41) is 2.97. The number of piperidine rings is 1. The Morgan fingerprint density at radius 3 is 2.11 bits per heavy atom. The Balaban J connectivity index is 1.33. The fourth-order valence-corrected chi connectivity index (χ4v) is 3.74. The number of hydrogen-bond acceptors (Lipinski definition) is 5. The second-order valence-electron chi connectivity index (χ2n) is 7.62. The quantitative estimate of drug-likeness (QED) is 0.753. The maximum absolute atomic E-state index is 12.4. The van der Waals surface area contributed by atoms with E-state index in [1.807, 2.05) is 29.2 Å². The van der Waals surface area contributed by atoms with Crippen molar-refractivity contribution in [1.82, 2.24) is 20.0 Å². The Hall–Kier alpha value is -2.12. The van der Waals surface area contributed by atoms with Crippen molar-refractivity contribution in [3.63, 3.8) is 0 Å². The molecule has 2 amide bonds. The van der Waals surface area contributed by atoms with E-state index in [4.69, 9.17) is 4.74 Å². The number of ether oxygens (including phenoxy) is 1. The van der Waals surface area contributed by atoms with Gasteiger partial charge in [0, 0.05) is 45.8 Å². The number of rotatable bonds is 7. The first-order chi connectivity index (χ1) is 13.6. The van der Waals surface area contributed by atoms with Crippen LogP contribution in [0, 0.1) is 0 Å². The van der Waals surface area contributed by atoms with Gasteiger partial charge in [0.25, 0.3) is 0 Å². The number of benzene rings is 1. The fourth-order valence-electron chi connectivity index (χ4n) is 3.74. The third-order valence-corrected chi connectivity index (χ3v) is 5.55. The molecule has 0 spiro atoms. The second kappa shape index (κ2) is 10.4. The van der Waals surface area contributed by atoms with Crippen LogP contribution in [0.4, 0.5) is 0 Å². The van der Waals surface area contributed by atoms with Crippen LogP contribution >= 0.6 is 0 Å². The minimum atomic E-state index is 0.0358. The zero-order valence-corrected chi connectivity index (χ0v) is 16.9. The van der Waals surface area contributed by atoms with Crippen molar-refractivity contribution in [2.24, 2.45) is 0 Å². The number of likely N-dealkylation sites (tertiary alicyclic amines) is 1. The molecule has 7 heteroatoms. The maximum atomic E-state index is 12.4. The molecule has 0 aromatic heterocycles. The molecule has 1 aromatic carbocycles. The second-order valence-corrected chi connectivity index (χ2v) is 7.62. The summed E-state index contributed by atoms with van der Waals surface area (Å²) in [5.74, 6) is 1.10. The Kier molecular flexibility index (Phi) is 7.68. The van der Waals surface area contributed by atoms with Crippen molar-refractivity contribution in [1.29, 1.82) is 0 Å². The van der Waals surface area contributed by atoms with Crippen LogP contribution in [0.3, 0.4) is 0 Å². The monoisotopic (exact) mass is 388 g/mol. The Labute approximate surface area is 167 Å². The Bertz CT molecular complexity index is 636. The number of carbonyl (C=O) groups excluding carboxylic acids is 2. The van der Waals surface area contributed by atoms with Gasteiger partial charge in [0.1, 0.15) is 5.75 Å². The Morgan fingerprint density at radius 1 is 0.893 bits per heavy atom. The molecule has 2 heterocycles. The lowest BCUT2D eigenvalue weighted by atomic mass is 10.1. The molecule has 0 saturated carbocycles. The molecule has 2 aliphatic heterocycles. The average molecular weight is 389 g/mol. The van der Waals surface area contributed by atoms with Gasteiger partial charge in [-0.1, -0.05) is 12.1 Å². The van der Waals surface area contributed by atoms with E-state index in [2.05, 4.69) is 15.1 Å². The van der Waals surface area contributed by atoms with Gasteiger partial charge in [-0.25, -0.2) is 0 Å². The fraction of sp³-hybridized carbons (Fsp3) is 0.619. The molecule has 2 saturated heterocycles. The van der Waals surface area contributed by atoms with Crippen LogP contribution in [0.25, 0.3) is 0 Å². The summed E-state index contributed by atoms with van der Waals surface area (Å²) in [6, 6.07) is 7.70. The molecule has 0 radical (unpaired) electrons. The third-order valence-electron chi connectivity index (χ3n) is 5.55. The van der Waals surface area contributed by atoms with Crippen LogP contribution in [0.5, 0.6) is 5.75 Å². The van der Waals surface area contributed by atoms with Gasteiger partial charge in [0.15, 0.2) is 0 Å². The SMILES string of the molecule is COc1ccc(CNC(=O)CN2CCN(CC(=O)N3CCCCC3)CC2)cc1. The molecule has 0 unspecified atom stereocenters. The zero-order valence-electron chi connectivity index (χ0n) is 16.9. The molecule has 154 valence electrons. The number of carbonyl (C=O) groups is 2. The van der Waals surface area contributed by atoms with Crippen molar-refractivity contribution in [3.05, 3.63) is 29.8 Å². The van der Waals surface area contributed by atoms with E-state index in [1.54, 1.807) is 7.11 Å². The molecular formula is C21H32N4O3. The van der Waals surface area contributed by atoms with Gasteiger partial charge in [-0.15, -0.1) is 0 Å². The number of hydrogen-bond donors (Lipinski definition) is 1. The van der Waals surface area contributed by atoms with Crippen LogP contribution in [-0.4, -0.2) is 86.0 Å². The van der Waals surface area contributed by atoms with Crippen LogP contribution in [0.2, 0.25) is 0 Å². The van der Waals surface area contributed by atoms with Crippen molar-refractivity contribution >= 4 is 11.8 Å². The van der Waals surface area contributed by atoms with Gasteiger partial charge in [-0.2, -0.15) is 0 Å². The number of nitrogens with one attached hydrogen (secondary N) is 1. The Morgan fingerprint density at radius 2 is 1.50 bits per heavy atom. The predicted octanol–water partition coefficient (Wildman–Crippen LogP) is 0.942. The zero-order chi connectivity index (χ0) is 19.8. The molecule has 0 bridgehead atoms. The normalized spacial score (nSPS) is 18.7. The topological polar surface area (TPSA) is 65.1 Å². The van der Waals surface area contributed by atoms with E-state index < -0.39 is 0 Å². The molecule has 28 heavy (non-hydrogen) atoms. The molecule has 2 aliphatic rings. The molecule has 0 atom stereocenters. The number of methoxy groups -OCH3 is 1. The number of nitrogens with zero attached hydrogens (tertiary/aromatic N) is 3. The standard InChI is InChI=1S/C21H32N4O3/c1-28-19-7-5-18(6-8-19)15-22-20(26)16-23-11-13-24(14-12-23)17-21(27)25-9-3-2-4-10-25/h5-8H,2-4,9-17H2,1H3,(H,22,26). The first-order valence-electron chi connectivity index (χ1n) is 10.3. The number of piperazine rings is 1. The van der Waals surface area contributed by atoms with Gasteiger partial charge in [0.2, 0.25) is 11.8 Å². The lowest BCUT2D eigenvalue weighted by Gasteiger charge is -2.35. The van der Waals surface area contributed by atoms with Crippen LogP contribution in [0.1, 0.15) is 24.8 Å². The highest BCUT2D eigenvalue weighted by molar-refractivity contribution is 5.78. The van der Waals surface area contributed by atoms with Gasteiger partial charge in [0.05, 0.1) is 20.2 Å². The minimum absolute atomic E-state index is 0.0358. The van der Waals surface area contributed by atoms with E-state index in [1.165, 1.54) is 6.42 Å². The number of amides is 2. The van der Waals surface area contributed by atoms with Gasteiger partial charge in [-0.05, 0) is 37.0 Å². The van der Waals surface area contributed by atoms with E-state index in [9.17, 15) is 9.59 Å². The molecule has 3 rings (SSSR count). The highest BCUT2D eigenvalue weighted by Gasteiger charge is 2.23. The first-order valence-corrected chi connectivity index (χ1v) is 10.3. The average Bonchev–Trinajstić information content (AvgIpc) is 2.74. The summed E-state index contributed by atoms with van der Waals surface area (Å²) in [4.78, 5) is 31.0. The minimum Gasteiger partial charge on any atom is -0.497 e. The summed E-state index contributed by atoms with van der Waals surface area (Å²) in [6.45, 7) is 6.58. The van der Waals surface area contributed by atoms with Crippen molar-refractivity contribution in [2.45, 2.75) is 25.8 Å². The summed E-state index contributed by atoms with van der Waals surface area (Å²) < 4.78 is 5.14. The lowest BCUT2D eigenvalue weighted by molar-refractivity contribution is -0.134. The van der Waals surface area contributed by atoms with E-state index >= 15 is 0 Å². The maximum Gasteiger partial charge on any atom is 0.236 e. The highest BCUT2D eigenvalue weighted by atomic mass is 16.5. The summed E-state index contributed by atoms with van der Waals surface area (Å²) >= 11 is 0. The third kappa shape index (κ3) is 6.21. The molecule has 2 fully saturated rings. The van der Waals surface area contributed by atoms with Crippen LogP contribution < -0.4 is 10.1 Å². The lowest BCUT2D eigenvalue weighted by Crippen LogP contribution is -2.52. The van der Waals surface area contributed by atoms with Gasteiger partial charge >= 0.3 is 0 Å². The first kappa shape index (κ1) is 20.6. The van der Waals surface area contributed by atoms with E-state index in [-0.39, 0.29) is 11.8 Å². The largest absolute Gasteiger partial charge is 0.497 e. The molecule has 1 aromatic rings. The molecule has 0 aliphatic carbocycles. The summed E-state index contributed by atoms with van der Waals surface area (Å²) in [5.41, 5.74) is 1.05. The summed E-state index contributed by atoms with van der Waals surface area (Å²) in [6.07, 6.45) is 3.50.